The molecule has 0 aliphatic carbocycles. The van der Waals surface area contributed by atoms with Crippen molar-refractivity contribution < 1.29 is 4.92 Å². The number of nitrogens with zero attached hydrogens (tertiary/aromatic N) is 3. The number of aromatic nitrogens is 2. The second kappa shape index (κ2) is 14.4. The van der Waals surface area contributed by atoms with Crippen LogP contribution in [0.4, 0.5) is 5.69 Å². The molecule has 7 aromatic carbocycles. The lowest BCUT2D eigenvalue weighted by molar-refractivity contribution is -0.384. The van der Waals surface area contributed by atoms with Gasteiger partial charge in [0.05, 0.1) is 16.3 Å². The van der Waals surface area contributed by atoms with Crippen molar-refractivity contribution in [2.75, 3.05) is 0 Å². The molecule has 0 amide bonds. The number of imidazole rings is 1. The van der Waals surface area contributed by atoms with Crippen molar-refractivity contribution in [3.63, 3.8) is 0 Å². The molecule has 0 N–H and O–H groups in total. The summed E-state index contributed by atoms with van der Waals surface area (Å²) >= 11 is 0. The fraction of sp³-hybridized carbons (Fsp3) is 0.0217. The van der Waals surface area contributed by atoms with Crippen molar-refractivity contribution in [1.29, 1.82) is 0 Å². The lowest BCUT2D eigenvalue weighted by atomic mass is 10.0. The molecule has 0 atom stereocenters. The van der Waals surface area contributed by atoms with Crippen molar-refractivity contribution in [2.24, 2.45) is 0 Å². The van der Waals surface area contributed by atoms with Crippen molar-refractivity contribution in [3.05, 3.63) is 216 Å². The standard InChI is InChI=1S/C46H35N3O2P/c50-49(51)39-30-26-35(27-31-39)34-48-45(37-18-8-2-9-19-37)44(36-16-6-1-7-17-36)47-46(48)38-28-32-43(33-29-38)52(40-20-10-3-11-21-40,41-22-12-4-13-23-41)42-24-14-5-15-25-42/h1-33H,34H2/q+1. The average molecular weight is 693 g/mol. The molecular formula is C46H35N3O2P+. The van der Waals surface area contributed by atoms with Gasteiger partial charge in [-0.2, -0.15) is 0 Å². The zero-order valence-corrected chi connectivity index (χ0v) is 29.3. The van der Waals surface area contributed by atoms with E-state index in [4.69, 9.17) is 4.98 Å². The average Bonchev–Trinajstić information content (AvgIpc) is 3.59. The molecule has 0 radical (unpaired) electrons. The highest BCUT2D eigenvalue weighted by molar-refractivity contribution is 8.01. The van der Waals surface area contributed by atoms with Gasteiger partial charge < -0.3 is 4.57 Å². The summed E-state index contributed by atoms with van der Waals surface area (Å²) in [5.41, 5.74) is 5.93. The van der Waals surface area contributed by atoms with Crippen molar-refractivity contribution in [1.82, 2.24) is 9.55 Å². The van der Waals surface area contributed by atoms with Gasteiger partial charge in [0.1, 0.15) is 34.3 Å². The minimum atomic E-state index is -2.28. The maximum Gasteiger partial charge on any atom is 0.269 e. The highest BCUT2D eigenvalue weighted by Gasteiger charge is 2.47. The second-order valence-corrected chi connectivity index (χ2v) is 16.0. The minimum Gasteiger partial charge on any atom is -0.319 e. The van der Waals surface area contributed by atoms with Crippen LogP contribution in [0.5, 0.6) is 0 Å². The molecule has 0 bridgehead atoms. The van der Waals surface area contributed by atoms with Crippen LogP contribution in [0.25, 0.3) is 33.9 Å². The van der Waals surface area contributed by atoms with Crippen LogP contribution >= 0.6 is 7.26 Å². The SMILES string of the molecule is O=[N+]([O-])c1ccc(Cn2c(-c3ccc([P+](c4ccccc4)(c4ccccc4)c4ccccc4)cc3)nc(-c3ccccc3)c2-c2ccccc2)cc1. The lowest BCUT2D eigenvalue weighted by Gasteiger charge is -2.27. The molecule has 0 saturated carbocycles. The number of nitro groups is 1. The van der Waals surface area contributed by atoms with E-state index in [1.807, 2.05) is 48.5 Å². The molecule has 52 heavy (non-hydrogen) atoms. The molecule has 0 aliphatic heterocycles. The van der Waals surface area contributed by atoms with E-state index in [1.165, 1.54) is 21.2 Å². The Bertz CT molecular complexity index is 2320. The Morgan fingerprint density at radius 3 is 1.37 bits per heavy atom. The van der Waals surface area contributed by atoms with Gasteiger partial charge in [-0.15, -0.1) is 0 Å². The molecule has 8 rings (SSSR count). The third-order valence-electron chi connectivity index (χ3n) is 9.49. The summed E-state index contributed by atoms with van der Waals surface area (Å²) in [5.74, 6) is 0.825. The van der Waals surface area contributed by atoms with E-state index in [0.29, 0.717) is 6.54 Å². The fourth-order valence-corrected chi connectivity index (χ4v) is 11.3. The van der Waals surface area contributed by atoms with Crippen molar-refractivity contribution >= 4 is 34.2 Å². The van der Waals surface area contributed by atoms with Gasteiger partial charge in [-0.1, -0.05) is 127 Å². The van der Waals surface area contributed by atoms with Crippen LogP contribution in [0.15, 0.2) is 200 Å². The Morgan fingerprint density at radius 2 is 0.904 bits per heavy atom. The molecular weight excluding hydrogens is 657 g/mol. The first-order valence-corrected chi connectivity index (χ1v) is 19.0. The summed E-state index contributed by atoms with van der Waals surface area (Å²) in [6, 6.07) is 69.0. The normalized spacial score (nSPS) is 11.3. The molecule has 1 aromatic heterocycles. The molecule has 0 aliphatic rings. The van der Waals surface area contributed by atoms with Crippen LogP contribution in [-0.4, -0.2) is 14.5 Å². The highest BCUT2D eigenvalue weighted by atomic mass is 31.2. The van der Waals surface area contributed by atoms with E-state index < -0.39 is 7.26 Å². The molecule has 1 heterocycles. The molecule has 0 spiro atoms. The molecule has 0 unspecified atom stereocenters. The van der Waals surface area contributed by atoms with Crippen LogP contribution < -0.4 is 21.2 Å². The van der Waals surface area contributed by atoms with Crippen LogP contribution in [0.3, 0.4) is 0 Å². The summed E-state index contributed by atoms with van der Waals surface area (Å²) in [5, 5.41) is 16.6. The number of hydrogen-bond donors (Lipinski definition) is 0. The molecule has 5 nitrogen and oxygen atoms in total. The summed E-state index contributed by atoms with van der Waals surface area (Å²) in [6.07, 6.45) is 0. The van der Waals surface area contributed by atoms with Crippen molar-refractivity contribution in [2.45, 2.75) is 6.54 Å². The van der Waals surface area contributed by atoms with Gasteiger partial charge in [-0.25, -0.2) is 4.98 Å². The Kier molecular flexibility index (Phi) is 9.10. The zero-order chi connectivity index (χ0) is 35.3. The van der Waals surface area contributed by atoms with E-state index in [9.17, 15) is 10.1 Å². The maximum atomic E-state index is 11.5. The van der Waals surface area contributed by atoms with Gasteiger partial charge in [0.25, 0.3) is 5.69 Å². The number of nitro benzene ring substituents is 1. The maximum absolute atomic E-state index is 11.5. The largest absolute Gasteiger partial charge is 0.319 e. The zero-order valence-electron chi connectivity index (χ0n) is 28.4. The number of non-ortho nitro benzene ring substituents is 1. The first-order chi connectivity index (χ1) is 25.6. The summed E-state index contributed by atoms with van der Waals surface area (Å²) in [7, 11) is -2.28. The molecule has 6 heteroatoms. The number of hydrogen-bond acceptors (Lipinski definition) is 3. The van der Waals surface area contributed by atoms with Crippen LogP contribution in [0.1, 0.15) is 5.56 Å². The Labute approximate surface area is 304 Å². The molecule has 8 aromatic rings. The topological polar surface area (TPSA) is 61.0 Å². The van der Waals surface area contributed by atoms with Gasteiger partial charge in [-0.3, -0.25) is 10.1 Å². The van der Waals surface area contributed by atoms with Crippen molar-refractivity contribution in [3.8, 4) is 33.9 Å². The quantitative estimate of drug-likeness (QED) is 0.0815. The Morgan fingerprint density at radius 1 is 0.481 bits per heavy atom. The molecule has 0 fully saturated rings. The lowest BCUT2D eigenvalue weighted by Crippen LogP contribution is -2.38. The predicted molar refractivity (Wildman–Crippen MR) is 216 cm³/mol. The smallest absolute Gasteiger partial charge is 0.269 e. The van der Waals surface area contributed by atoms with Gasteiger partial charge in [0.15, 0.2) is 0 Å². The minimum absolute atomic E-state index is 0.0699. The molecule has 0 saturated heterocycles. The third kappa shape index (κ3) is 6.12. The van der Waals surface area contributed by atoms with E-state index in [0.717, 1.165) is 39.5 Å². The van der Waals surface area contributed by atoms with E-state index >= 15 is 0 Å². The summed E-state index contributed by atoms with van der Waals surface area (Å²) in [4.78, 5) is 16.5. The third-order valence-corrected chi connectivity index (χ3v) is 13.8. The van der Waals surface area contributed by atoms with E-state index in [2.05, 4.69) is 144 Å². The summed E-state index contributed by atoms with van der Waals surface area (Å²) < 4.78 is 2.25. The second-order valence-electron chi connectivity index (χ2n) is 12.6. The van der Waals surface area contributed by atoms with Crippen LogP contribution in [0, 0.1) is 10.1 Å². The van der Waals surface area contributed by atoms with E-state index in [1.54, 1.807) is 12.1 Å². The number of benzene rings is 7. The first-order valence-electron chi connectivity index (χ1n) is 17.2. The fourth-order valence-electron chi connectivity index (χ4n) is 7.10. The summed E-state index contributed by atoms with van der Waals surface area (Å²) in [6.45, 7) is 0.480. The van der Waals surface area contributed by atoms with Crippen LogP contribution in [0.2, 0.25) is 0 Å². The molecule has 250 valence electrons. The van der Waals surface area contributed by atoms with Gasteiger partial charge in [0, 0.05) is 35.4 Å². The first kappa shape index (κ1) is 32.8. The monoisotopic (exact) mass is 692 g/mol. The Hall–Kier alpha value is -6.42. The van der Waals surface area contributed by atoms with Gasteiger partial charge >= 0.3 is 0 Å². The predicted octanol–water partition coefficient (Wildman–Crippen LogP) is 9.46. The van der Waals surface area contributed by atoms with Gasteiger partial charge in [-0.05, 0) is 66.2 Å². The number of rotatable bonds is 10. The highest BCUT2D eigenvalue weighted by Crippen LogP contribution is 2.54. The van der Waals surface area contributed by atoms with Gasteiger partial charge in [0.2, 0.25) is 0 Å². The van der Waals surface area contributed by atoms with Crippen LogP contribution in [-0.2, 0) is 6.54 Å². The Balaban J connectivity index is 1.34. The van der Waals surface area contributed by atoms with E-state index in [-0.39, 0.29) is 10.6 Å².